The third-order valence-electron chi connectivity index (χ3n) is 2.53. The number of hydrogen-bond acceptors (Lipinski definition) is 3. The number of amides is 2. The molecule has 5 nitrogen and oxygen atoms in total. The Morgan fingerprint density at radius 1 is 1.47 bits per heavy atom. The van der Waals surface area contributed by atoms with E-state index in [9.17, 15) is 9.59 Å². The SMILES string of the molecule is CC(=O)NCC(=O)N1CC(C)CC(N)C1. The first-order valence-corrected chi connectivity index (χ1v) is 5.27. The first-order valence-electron chi connectivity index (χ1n) is 5.27. The summed E-state index contributed by atoms with van der Waals surface area (Å²) in [5.41, 5.74) is 5.83. The maximum atomic E-state index is 11.6. The number of likely N-dealkylation sites (tertiary alicyclic amines) is 1. The minimum absolute atomic E-state index is 0.0489. The summed E-state index contributed by atoms with van der Waals surface area (Å²) < 4.78 is 0. The van der Waals surface area contributed by atoms with Crippen LogP contribution in [0.2, 0.25) is 0 Å². The topological polar surface area (TPSA) is 75.4 Å². The number of nitrogens with one attached hydrogen (secondary N) is 1. The lowest BCUT2D eigenvalue weighted by Gasteiger charge is -2.34. The fraction of sp³-hybridized carbons (Fsp3) is 0.800. The van der Waals surface area contributed by atoms with Gasteiger partial charge in [0.05, 0.1) is 6.54 Å². The van der Waals surface area contributed by atoms with E-state index >= 15 is 0 Å². The first kappa shape index (κ1) is 12.0. The molecule has 0 saturated carbocycles. The Morgan fingerprint density at radius 3 is 2.67 bits per heavy atom. The van der Waals surface area contributed by atoms with Crippen molar-refractivity contribution in [3.8, 4) is 0 Å². The van der Waals surface area contributed by atoms with Gasteiger partial charge in [0.1, 0.15) is 0 Å². The second kappa shape index (κ2) is 5.11. The van der Waals surface area contributed by atoms with Gasteiger partial charge in [-0.3, -0.25) is 9.59 Å². The minimum atomic E-state index is -0.183. The van der Waals surface area contributed by atoms with Gasteiger partial charge in [-0.05, 0) is 12.3 Å². The number of rotatable bonds is 2. The number of nitrogens with two attached hydrogens (primary N) is 1. The van der Waals surface area contributed by atoms with Crippen LogP contribution in [0, 0.1) is 5.92 Å². The van der Waals surface area contributed by atoms with Gasteiger partial charge in [0, 0.05) is 26.1 Å². The van der Waals surface area contributed by atoms with E-state index in [1.807, 2.05) is 0 Å². The van der Waals surface area contributed by atoms with Gasteiger partial charge in [0.2, 0.25) is 11.8 Å². The molecule has 0 radical (unpaired) electrons. The highest BCUT2D eigenvalue weighted by Gasteiger charge is 2.25. The molecule has 1 saturated heterocycles. The van der Waals surface area contributed by atoms with E-state index in [1.54, 1.807) is 4.90 Å². The Balaban J connectivity index is 2.41. The van der Waals surface area contributed by atoms with Crippen LogP contribution in [0.3, 0.4) is 0 Å². The quantitative estimate of drug-likeness (QED) is 0.638. The van der Waals surface area contributed by atoms with E-state index in [4.69, 9.17) is 5.73 Å². The van der Waals surface area contributed by atoms with Crippen LogP contribution in [0.15, 0.2) is 0 Å². The van der Waals surface area contributed by atoms with Crippen molar-refractivity contribution in [2.45, 2.75) is 26.3 Å². The minimum Gasteiger partial charge on any atom is -0.347 e. The van der Waals surface area contributed by atoms with Gasteiger partial charge in [0.25, 0.3) is 0 Å². The third kappa shape index (κ3) is 3.87. The second-order valence-electron chi connectivity index (χ2n) is 4.31. The molecule has 1 fully saturated rings. The van der Waals surface area contributed by atoms with E-state index in [1.165, 1.54) is 6.92 Å². The summed E-state index contributed by atoms with van der Waals surface area (Å²) in [5.74, 6) is 0.208. The summed E-state index contributed by atoms with van der Waals surface area (Å²) in [6.45, 7) is 4.90. The number of piperidine rings is 1. The van der Waals surface area contributed by atoms with E-state index in [2.05, 4.69) is 12.2 Å². The van der Waals surface area contributed by atoms with Gasteiger partial charge in [-0.25, -0.2) is 0 Å². The standard InChI is InChI=1S/C10H19N3O2/c1-7-3-9(11)6-13(5-7)10(15)4-12-8(2)14/h7,9H,3-6,11H2,1-2H3,(H,12,14). The summed E-state index contributed by atoms with van der Waals surface area (Å²) in [7, 11) is 0. The van der Waals surface area contributed by atoms with Crippen molar-refractivity contribution in [1.82, 2.24) is 10.2 Å². The van der Waals surface area contributed by atoms with Crippen LogP contribution in [0.5, 0.6) is 0 Å². The lowest BCUT2D eigenvalue weighted by molar-refractivity contribution is -0.134. The molecule has 1 heterocycles. The maximum absolute atomic E-state index is 11.6. The van der Waals surface area contributed by atoms with E-state index < -0.39 is 0 Å². The number of nitrogens with zero attached hydrogens (tertiary/aromatic N) is 1. The van der Waals surface area contributed by atoms with Gasteiger partial charge in [-0.15, -0.1) is 0 Å². The van der Waals surface area contributed by atoms with Gasteiger partial charge in [0.15, 0.2) is 0 Å². The van der Waals surface area contributed by atoms with Gasteiger partial charge in [-0.1, -0.05) is 6.92 Å². The van der Waals surface area contributed by atoms with Crippen LogP contribution in [-0.4, -0.2) is 42.4 Å². The number of hydrogen-bond donors (Lipinski definition) is 2. The Morgan fingerprint density at radius 2 is 2.13 bits per heavy atom. The van der Waals surface area contributed by atoms with Crippen molar-refractivity contribution in [3.63, 3.8) is 0 Å². The molecule has 1 aliphatic heterocycles. The first-order chi connectivity index (χ1) is 6.99. The van der Waals surface area contributed by atoms with Crippen LogP contribution >= 0.6 is 0 Å². The van der Waals surface area contributed by atoms with Crippen molar-refractivity contribution < 1.29 is 9.59 Å². The van der Waals surface area contributed by atoms with Crippen molar-refractivity contribution in [3.05, 3.63) is 0 Å². The molecule has 1 aliphatic rings. The normalized spacial score (nSPS) is 26.2. The molecule has 5 heteroatoms. The average Bonchev–Trinajstić information content (AvgIpc) is 2.12. The molecule has 2 atom stereocenters. The fourth-order valence-corrected chi connectivity index (χ4v) is 1.92. The van der Waals surface area contributed by atoms with Gasteiger partial charge in [-0.2, -0.15) is 0 Å². The zero-order valence-corrected chi connectivity index (χ0v) is 9.32. The van der Waals surface area contributed by atoms with E-state index in [0.29, 0.717) is 12.5 Å². The molecule has 2 amide bonds. The van der Waals surface area contributed by atoms with E-state index in [-0.39, 0.29) is 24.4 Å². The highest BCUT2D eigenvalue weighted by atomic mass is 16.2. The van der Waals surface area contributed by atoms with Crippen molar-refractivity contribution in [2.24, 2.45) is 11.7 Å². The second-order valence-corrected chi connectivity index (χ2v) is 4.31. The molecule has 0 aromatic heterocycles. The summed E-state index contributed by atoms with van der Waals surface area (Å²) in [5, 5.41) is 2.50. The summed E-state index contributed by atoms with van der Waals surface area (Å²) in [6.07, 6.45) is 0.962. The molecule has 0 bridgehead atoms. The van der Waals surface area contributed by atoms with Crippen LogP contribution in [0.4, 0.5) is 0 Å². The lowest BCUT2D eigenvalue weighted by Crippen LogP contribution is -2.51. The van der Waals surface area contributed by atoms with Crippen LogP contribution in [-0.2, 0) is 9.59 Å². The van der Waals surface area contributed by atoms with Crippen molar-refractivity contribution in [2.75, 3.05) is 19.6 Å². The van der Waals surface area contributed by atoms with Crippen LogP contribution in [0.25, 0.3) is 0 Å². The molecule has 0 aromatic carbocycles. The van der Waals surface area contributed by atoms with Crippen molar-refractivity contribution >= 4 is 11.8 Å². The largest absolute Gasteiger partial charge is 0.347 e. The molecule has 0 aromatic rings. The Hall–Kier alpha value is -1.10. The molecule has 0 aliphatic carbocycles. The average molecular weight is 213 g/mol. The molecule has 3 N–H and O–H groups in total. The van der Waals surface area contributed by atoms with Crippen molar-refractivity contribution in [1.29, 1.82) is 0 Å². The maximum Gasteiger partial charge on any atom is 0.242 e. The Bertz CT molecular complexity index is 245. The highest BCUT2D eigenvalue weighted by molar-refractivity contribution is 5.83. The monoisotopic (exact) mass is 213 g/mol. The molecule has 1 rings (SSSR count). The Kier molecular flexibility index (Phi) is 4.08. The number of carbonyl (C=O) groups is 2. The zero-order valence-electron chi connectivity index (χ0n) is 9.32. The molecule has 15 heavy (non-hydrogen) atoms. The summed E-state index contributed by atoms with van der Waals surface area (Å²) in [4.78, 5) is 24.0. The summed E-state index contributed by atoms with van der Waals surface area (Å²) in [6, 6.07) is 0.0648. The molecule has 2 unspecified atom stereocenters. The van der Waals surface area contributed by atoms with E-state index in [0.717, 1.165) is 13.0 Å². The summed E-state index contributed by atoms with van der Waals surface area (Å²) >= 11 is 0. The smallest absolute Gasteiger partial charge is 0.242 e. The van der Waals surface area contributed by atoms with Crippen LogP contribution in [0.1, 0.15) is 20.3 Å². The number of carbonyl (C=O) groups excluding carboxylic acids is 2. The molecular weight excluding hydrogens is 194 g/mol. The lowest BCUT2D eigenvalue weighted by atomic mass is 9.96. The predicted molar refractivity (Wildman–Crippen MR) is 57.0 cm³/mol. The van der Waals surface area contributed by atoms with Gasteiger partial charge < -0.3 is 16.0 Å². The predicted octanol–water partition coefficient (Wildman–Crippen LogP) is -0.682. The zero-order chi connectivity index (χ0) is 11.4. The highest BCUT2D eigenvalue weighted by Crippen LogP contribution is 2.14. The van der Waals surface area contributed by atoms with Gasteiger partial charge >= 0.3 is 0 Å². The molecule has 86 valence electrons. The third-order valence-corrected chi connectivity index (χ3v) is 2.53. The molecular formula is C10H19N3O2. The Labute approximate surface area is 90.0 Å². The fourth-order valence-electron chi connectivity index (χ4n) is 1.92. The van der Waals surface area contributed by atoms with Crippen LogP contribution < -0.4 is 11.1 Å². The molecule has 0 spiro atoms.